The van der Waals surface area contributed by atoms with E-state index in [1.165, 1.54) is 12.7 Å². The lowest BCUT2D eigenvalue weighted by molar-refractivity contribution is -0.192. The Balaban J connectivity index is 0.000000383. The fourth-order valence-corrected chi connectivity index (χ4v) is 4.21. The third kappa shape index (κ3) is 5.97. The van der Waals surface area contributed by atoms with Crippen LogP contribution in [0.25, 0.3) is 0 Å². The fraction of sp³-hybridized carbons (Fsp3) is 0.550. The van der Waals surface area contributed by atoms with Gasteiger partial charge in [-0.05, 0) is 30.7 Å². The van der Waals surface area contributed by atoms with Crippen LogP contribution in [0.2, 0.25) is 0 Å². The molecule has 2 aromatic rings. The maximum absolute atomic E-state index is 12.5. The van der Waals surface area contributed by atoms with E-state index in [1.807, 2.05) is 11.0 Å². The number of rotatable bonds is 4. The molecule has 0 radical (unpaired) electrons. The molecule has 0 aromatic carbocycles. The molecule has 1 atom stereocenters. The van der Waals surface area contributed by atoms with Crippen LogP contribution in [0.15, 0.2) is 35.5 Å². The number of methoxy groups -OCH3 is 1. The van der Waals surface area contributed by atoms with Crippen molar-refractivity contribution < 1.29 is 37.0 Å². The molecule has 0 bridgehead atoms. The van der Waals surface area contributed by atoms with Gasteiger partial charge in [-0.25, -0.2) is 19.7 Å². The average Bonchev–Trinajstić information content (AvgIpc) is 3.44. The molecule has 10 nitrogen and oxygen atoms in total. The number of likely N-dealkylation sites (tertiary alicyclic amines) is 1. The Labute approximate surface area is 187 Å². The second-order valence-corrected chi connectivity index (χ2v) is 7.96. The van der Waals surface area contributed by atoms with Crippen molar-refractivity contribution in [1.29, 1.82) is 0 Å². The third-order valence-electron chi connectivity index (χ3n) is 5.79. The van der Waals surface area contributed by atoms with Gasteiger partial charge >= 0.3 is 12.1 Å². The van der Waals surface area contributed by atoms with Crippen molar-refractivity contribution in [1.82, 2.24) is 19.9 Å². The lowest BCUT2D eigenvalue weighted by Crippen LogP contribution is -2.44. The first-order valence-corrected chi connectivity index (χ1v) is 10.2. The van der Waals surface area contributed by atoms with Gasteiger partial charge in [0.15, 0.2) is 12.1 Å². The number of aromatic nitrogens is 3. The topological polar surface area (TPSA) is 122 Å². The van der Waals surface area contributed by atoms with Gasteiger partial charge in [-0.1, -0.05) is 0 Å². The van der Waals surface area contributed by atoms with Crippen LogP contribution in [0.4, 0.5) is 19.1 Å². The fourth-order valence-electron chi connectivity index (χ4n) is 4.21. The number of carboxylic acids is 1. The number of amides is 1. The van der Waals surface area contributed by atoms with Crippen LogP contribution in [0.1, 0.15) is 29.8 Å². The number of carbonyl (C=O) groups is 2. The van der Waals surface area contributed by atoms with Crippen LogP contribution in [-0.4, -0.2) is 82.4 Å². The quantitative estimate of drug-likeness (QED) is 0.715. The summed E-state index contributed by atoms with van der Waals surface area (Å²) in [7, 11) is 1.73. The Morgan fingerprint density at radius 1 is 1.24 bits per heavy atom. The summed E-state index contributed by atoms with van der Waals surface area (Å²) in [4.78, 5) is 38.3. The lowest BCUT2D eigenvalue weighted by Gasteiger charge is -2.39. The molecule has 1 unspecified atom stereocenters. The van der Waals surface area contributed by atoms with Crippen LogP contribution in [0.3, 0.4) is 0 Å². The third-order valence-corrected chi connectivity index (χ3v) is 5.79. The number of aliphatic carboxylic acids is 1. The zero-order chi connectivity index (χ0) is 24.1. The SMILES string of the molecule is COCC1CC2(CCN(C(=O)c3cocn3)CC2)CN1c1ncccn1.O=C(O)C(F)(F)F. The molecule has 33 heavy (non-hydrogen) atoms. The molecule has 1 spiro atoms. The summed E-state index contributed by atoms with van der Waals surface area (Å²) in [6, 6.07) is 2.09. The van der Waals surface area contributed by atoms with Crippen molar-refractivity contribution in [2.75, 3.05) is 38.3 Å². The summed E-state index contributed by atoms with van der Waals surface area (Å²) < 4.78 is 42.1. The normalized spacial score (nSPS) is 19.8. The van der Waals surface area contributed by atoms with E-state index in [0.717, 1.165) is 44.8 Å². The van der Waals surface area contributed by atoms with E-state index in [0.29, 0.717) is 12.3 Å². The van der Waals surface area contributed by atoms with Crippen molar-refractivity contribution in [2.24, 2.45) is 5.41 Å². The lowest BCUT2D eigenvalue weighted by atomic mass is 9.76. The predicted octanol–water partition coefficient (Wildman–Crippen LogP) is 2.25. The highest BCUT2D eigenvalue weighted by Crippen LogP contribution is 2.44. The maximum atomic E-state index is 12.5. The van der Waals surface area contributed by atoms with Crippen molar-refractivity contribution in [2.45, 2.75) is 31.5 Å². The molecule has 180 valence electrons. The summed E-state index contributed by atoms with van der Waals surface area (Å²) in [5, 5.41) is 7.12. The summed E-state index contributed by atoms with van der Waals surface area (Å²) in [6.07, 6.45) is 4.12. The molecule has 2 aliphatic rings. The van der Waals surface area contributed by atoms with Crippen LogP contribution in [0.5, 0.6) is 0 Å². The summed E-state index contributed by atoms with van der Waals surface area (Å²) in [6.45, 7) is 3.02. The average molecular weight is 471 g/mol. The summed E-state index contributed by atoms with van der Waals surface area (Å²) in [5.74, 6) is -2.05. The number of anilines is 1. The van der Waals surface area contributed by atoms with E-state index < -0.39 is 12.1 Å². The highest BCUT2D eigenvalue weighted by Gasteiger charge is 2.47. The van der Waals surface area contributed by atoms with Gasteiger partial charge in [0.2, 0.25) is 5.95 Å². The molecule has 13 heteroatoms. The molecule has 2 fully saturated rings. The highest BCUT2D eigenvalue weighted by molar-refractivity contribution is 5.91. The maximum Gasteiger partial charge on any atom is 0.490 e. The molecule has 0 aliphatic carbocycles. The van der Waals surface area contributed by atoms with Crippen molar-refractivity contribution in [3.8, 4) is 0 Å². The molecule has 1 amide bonds. The Kier molecular flexibility index (Phi) is 7.51. The zero-order valence-corrected chi connectivity index (χ0v) is 17.9. The Morgan fingerprint density at radius 3 is 2.39 bits per heavy atom. The zero-order valence-electron chi connectivity index (χ0n) is 17.9. The van der Waals surface area contributed by atoms with E-state index in [-0.39, 0.29) is 17.4 Å². The standard InChI is InChI=1S/C18H23N5O3.C2HF3O2/c1-25-10-14-9-18(12-23(14)17-19-5-2-6-20-17)3-7-22(8-4-18)16(24)15-11-26-13-21-15;3-2(4,5)1(6)7/h2,5-6,11,13-14H,3-4,7-10,12H2,1H3;(H,6,7). The molecular weight excluding hydrogens is 447 g/mol. The Hall–Kier alpha value is -3.22. The number of hydrogen-bond donors (Lipinski definition) is 1. The smallest absolute Gasteiger partial charge is 0.475 e. The van der Waals surface area contributed by atoms with Gasteiger partial charge < -0.3 is 24.1 Å². The van der Waals surface area contributed by atoms with Crippen LogP contribution in [-0.2, 0) is 9.53 Å². The van der Waals surface area contributed by atoms with Gasteiger partial charge in [0, 0.05) is 39.1 Å². The molecule has 0 saturated carbocycles. The summed E-state index contributed by atoms with van der Waals surface area (Å²) in [5.41, 5.74) is 0.548. The number of oxazole rings is 1. The number of carboxylic acid groups (broad SMARTS) is 1. The Morgan fingerprint density at radius 2 is 1.88 bits per heavy atom. The number of hydrogen-bond acceptors (Lipinski definition) is 8. The molecule has 4 heterocycles. The first kappa shape index (κ1) is 24.4. The van der Waals surface area contributed by atoms with Gasteiger partial charge in [-0.2, -0.15) is 13.2 Å². The molecule has 2 saturated heterocycles. The minimum Gasteiger partial charge on any atom is -0.475 e. The number of piperidine rings is 1. The second-order valence-electron chi connectivity index (χ2n) is 7.96. The predicted molar refractivity (Wildman–Crippen MR) is 107 cm³/mol. The monoisotopic (exact) mass is 471 g/mol. The minimum absolute atomic E-state index is 0.0525. The second kappa shape index (κ2) is 10.1. The van der Waals surface area contributed by atoms with E-state index in [4.69, 9.17) is 19.1 Å². The molecule has 2 aromatic heterocycles. The highest BCUT2D eigenvalue weighted by atomic mass is 19.4. The van der Waals surface area contributed by atoms with Gasteiger partial charge in [0.1, 0.15) is 6.26 Å². The van der Waals surface area contributed by atoms with Gasteiger partial charge in [-0.3, -0.25) is 4.79 Å². The van der Waals surface area contributed by atoms with Crippen molar-refractivity contribution in [3.05, 3.63) is 36.8 Å². The van der Waals surface area contributed by atoms with Crippen LogP contribution in [0, 0.1) is 5.41 Å². The first-order valence-electron chi connectivity index (χ1n) is 10.2. The summed E-state index contributed by atoms with van der Waals surface area (Å²) >= 11 is 0. The van der Waals surface area contributed by atoms with E-state index >= 15 is 0 Å². The van der Waals surface area contributed by atoms with Crippen LogP contribution < -0.4 is 4.90 Å². The number of halogens is 3. The Bertz CT molecular complexity index is 918. The van der Waals surface area contributed by atoms with E-state index in [2.05, 4.69) is 19.9 Å². The molecule has 4 rings (SSSR count). The minimum atomic E-state index is -5.08. The van der Waals surface area contributed by atoms with Crippen molar-refractivity contribution in [3.63, 3.8) is 0 Å². The number of nitrogens with zero attached hydrogens (tertiary/aromatic N) is 5. The van der Waals surface area contributed by atoms with Gasteiger partial charge in [0.05, 0.1) is 12.6 Å². The number of alkyl halides is 3. The number of carbonyl (C=O) groups excluding carboxylic acids is 1. The largest absolute Gasteiger partial charge is 0.490 e. The molecule has 1 N–H and O–H groups in total. The van der Waals surface area contributed by atoms with Crippen molar-refractivity contribution >= 4 is 17.8 Å². The first-order chi connectivity index (χ1) is 15.6. The number of ether oxygens (including phenoxy) is 1. The van der Waals surface area contributed by atoms with E-state index in [9.17, 15) is 18.0 Å². The molecular formula is C20H24F3N5O5. The van der Waals surface area contributed by atoms with Gasteiger partial charge in [-0.15, -0.1) is 0 Å². The van der Waals surface area contributed by atoms with Gasteiger partial charge in [0.25, 0.3) is 5.91 Å². The van der Waals surface area contributed by atoms with E-state index in [1.54, 1.807) is 19.5 Å². The molecule has 2 aliphatic heterocycles. The van der Waals surface area contributed by atoms with Crippen LogP contribution >= 0.6 is 0 Å².